The molecule has 0 fully saturated rings. The lowest BCUT2D eigenvalue weighted by Gasteiger charge is -2.17. The molecule has 0 spiro atoms. The minimum absolute atomic E-state index is 0.199. The number of methoxy groups -OCH3 is 1. The van der Waals surface area contributed by atoms with E-state index in [1.54, 1.807) is 7.11 Å². The molecule has 1 N–H and O–H groups in total. The molecule has 0 aromatic heterocycles. The Morgan fingerprint density at radius 1 is 1.05 bits per heavy atom. The first kappa shape index (κ1) is 15.6. The van der Waals surface area contributed by atoms with Crippen molar-refractivity contribution in [3.05, 3.63) is 64.7 Å². The molecule has 21 heavy (non-hydrogen) atoms. The summed E-state index contributed by atoms with van der Waals surface area (Å²) in [5.41, 5.74) is 5.11. The summed E-state index contributed by atoms with van der Waals surface area (Å²) < 4.78 is 5.26. The van der Waals surface area contributed by atoms with Crippen LogP contribution >= 0.6 is 0 Å². The Kier molecular flexibility index (Phi) is 5.40. The quantitative estimate of drug-likeness (QED) is 0.876. The van der Waals surface area contributed by atoms with Crippen LogP contribution in [0.5, 0.6) is 5.75 Å². The molecular weight excluding hydrogens is 260 g/mol. The predicted octanol–water partition coefficient (Wildman–Crippen LogP) is 3.71. The molecule has 0 aliphatic rings. The monoisotopic (exact) mass is 284 g/mol. The topological polar surface area (TPSA) is 29.5 Å². The molecule has 1 atom stereocenters. The van der Waals surface area contributed by atoms with E-state index in [-0.39, 0.29) is 12.5 Å². The van der Waals surface area contributed by atoms with Gasteiger partial charge in [0.05, 0.1) is 7.11 Å². The number of hydrogen-bond donors (Lipinski definition) is 1. The van der Waals surface area contributed by atoms with Gasteiger partial charge in [-0.25, -0.2) is 0 Å². The number of hydrogen-bond acceptors (Lipinski definition) is 2. The Morgan fingerprint density at radius 3 is 2.57 bits per heavy atom. The van der Waals surface area contributed by atoms with Crippen molar-refractivity contribution in [2.75, 3.05) is 13.7 Å². The number of aliphatic hydroxyl groups excluding tert-OH is 1. The van der Waals surface area contributed by atoms with Crippen molar-refractivity contribution in [3.63, 3.8) is 0 Å². The number of benzene rings is 2. The van der Waals surface area contributed by atoms with Crippen LogP contribution in [-0.2, 0) is 12.8 Å². The van der Waals surface area contributed by atoms with Crippen LogP contribution in [0.15, 0.2) is 42.5 Å². The van der Waals surface area contributed by atoms with Crippen molar-refractivity contribution in [2.24, 2.45) is 5.92 Å². The molecule has 0 radical (unpaired) electrons. The fourth-order valence-corrected chi connectivity index (χ4v) is 2.67. The fourth-order valence-electron chi connectivity index (χ4n) is 2.67. The lowest BCUT2D eigenvalue weighted by atomic mass is 9.90. The molecule has 0 bridgehead atoms. The van der Waals surface area contributed by atoms with Gasteiger partial charge in [0.1, 0.15) is 5.75 Å². The molecule has 2 aromatic carbocycles. The van der Waals surface area contributed by atoms with Gasteiger partial charge in [-0.1, -0.05) is 35.9 Å². The van der Waals surface area contributed by atoms with Crippen molar-refractivity contribution < 1.29 is 9.84 Å². The second-order valence-corrected chi connectivity index (χ2v) is 5.74. The van der Waals surface area contributed by atoms with E-state index in [4.69, 9.17) is 4.74 Å². The highest BCUT2D eigenvalue weighted by atomic mass is 16.5. The van der Waals surface area contributed by atoms with Gasteiger partial charge in [-0.2, -0.15) is 0 Å². The van der Waals surface area contributed by atoms with Crippen LogP contribution in [0.1, 0.15) is 22.3 Å². The molecule has 0 aliphatic heterocycles. The van der Waals surface area contributed by atoms with Gasteiger partial charge in [-0.3, -0.25) is 0 Å². The van der Waals surface area contributed by atoms with Crippen LogP contribution in [0.25, 0.3) is 0 Å². The van der Waals surface area contributed by atoms with E-state index in [2.05, 4.69) is 38.1 Å². The fraction of sp³-hybridized carbons (Fsp3) is 0.368. The molecule has 2 rings (SSSR count). The Morgan fingerprint density at radius 2 is 1.86 bits per heavy atom. The predicted molar refractivity (Wildman–Crippen MR) is 86.9 cm³/mol. The minimum atomic E-state index is 0.199. The summed E-state index contributed by atoms with van der Waals surface area (Å²) in [7, 11) is 1.68. The Bertz CT molecular complexity index is 590. The largest absolute Gasteiger partial charge is 0.497 e. The maximum Gasteiger partial charge on any atom is 0.119 e. The molecule has 0 heterocycles. The van der Waals surface area contributed by atoms with E-state index < -0.39 is 0 Å². The number of aryl methyl sites for hydroxylation is 2. The highest BCUT2D eigenvalue weighted by Gasteiger charge is 2.12. The SMILES string of the molecule is COc1cccc(CC(CO)Cc2cc(C)ccc2C)c1. The van der Waals surface area contributed by atoms with Crippen LogP contribution in [-0.4, -0.2) is 18.8 Å². The van der Waals surface area contributed by atoms with Gasteiger partial charge in [0, 0.05) is 6.61 Å². The van der Waals surface area contributed by atoms with E-state index in [1.165, 1.54) is 22.3 Å². The van der Waals surface area contributed by atoms with E-state index in [9.17, 15) is 5.11 Å². The molecule has 0 saturated carbocycles. The van der Waals surface area contributed by atoms with Gasteiger partial charge in [-0.15, -0.1) is 0 Å². The van der Waals surface area contributed by atoms with Gasteiger partial charge in [-0.05, 0) is 61.4 Å². The summed E-state index contributed by atoms with van der Waals surface area (Å²) in [4.78, 5) is 0. The normalized spacial score (nSPS) is 12.2. The summed E-state index contributed by atoms with van der Waals surface area (Å²) in [6.07, 6.45) is 1.77. The average molecular weight is 284 g/mol. The zero-order chi connectivity index (χ0) is 15.2. The molecule has 0 saturated heterocycles. The van der Waals surface area contributed by atoms with Crippen LogP contribution in [0, 0.1) is 19.8 Å². The van der Waals surface area contributed by atoms with Crippen LogP contribution < -0.4 is 4.74 Å². The zero-order valence-corrected chi connectivity index (χ0v) is 13.1. The van der Waals surface area contributed by atoms with Gasteiger partial charge < -0.3 is 9.84 Å². The smallest absolute Gasteiger partial charge is 0.119 e. The zero-order valence-electron chi connectivity index (χ0n) is 13.1. The van der Waals surface area contributed by atoms with E-state index in [0.29, 0.717) is 0 Å². The first-order valence-electron chi connectivity index (χ1n) is 7.42. The van der Waals surface area contributed by atoms with Crippen LogP contribution in [0.4, 0.5) is 0 Å². The van der Waals surface area contributed by atoms with Crippen LogP contribution in [0.2, 0.25) is 0 Å². The second-order valence-electron chi connectivity index (χ2n) is 5.74. The molecular formula is C19H24O2. The Balaban J connectivity index is 2.10. The minimum Gasteiger partial charge on any atom is -0.497 e. The third kappa shape index (κ3) is 4.33. The molecule has 112 valence electrons. The maximum atomic E-state index is 9.70. The van der Waals surface area contributed by atoms with Gasteiger partial charge in [0.15, 0.2) is 0 Å². The summed E-state index contributed by atoms with van der Waals surface area (Å²) in [5, 5.41) is 9.70. The van der Waals surface area contributed by atoms with Crippen molar-refractivity contribution in [1.82, 2.24) is 0 Å². The molecule has 2 nitrogen and oxygen atoms in total. The third-order valence-corrected chi connectivity index (χ3v) is 3.93. The van der Waals surface area contributed by atoms with Gasteiger partial charge in [0.25, 0.3) is 0 Å². The third-order valence-electron chi connectivity index (χ3n) is 3.93. The number of ether oxygens (including phenoxy) is 1. The van der Waals surface area contributed by atoms with Gasteiger partial charge in [0.2, 0.25) is 0 Å². The van der Waals surface area contributed by atoms with Crippen molar-refractivity contribution in [3.8, 4) is 5.75 Å². The summed E-state index contributed by atoms with van der Waals surface area (Å²) in [6.45, 7) is 4.44. The molecule has 2 heteroatoms. The molecule has 0 amide bonds. The summed E-state index contributed by atoms with van der Waals surface area (Å²) >= 11 is 0. The first-order chi connectivity index (χ1) is 10.1. The highest BCUT2D eigenvalue weighted by Crippen LogP contribution is 2.20. The van der Waals surface area contributed by atoms with Crippen molar-refractivity contribution in [1.29, 1.82) is 0 Å². The number of aliphatic hydroxyl groups is 1. The van der Waals surface area contributed by atoms with E-state index in [0.717, 1.165) is 18.6 Å². The lowest BCUT2D eigenvalue weighted by molar-refractivity contribution is 0.224. The van der Waals surface area contributed by atoms with Crippen molar-refractivity contribution >= 4 is 0 Å². The molecule has 0 aliphatic carbocycles. The standard InChI is InChI=1S/C19H24O2/c1-14-7-8-15(2)18(9-14)11-17(13-20)10-16-5-4-6-19(12-16)21-3/h4-9,12,17,20H,10-11,13H2,1-3H3. The lowest BCUT2D eigenvalue weighted by Crippen LogP contribution is -2.14. The molecule has 2 aromatic rings. The maximum absolute atomic E-state index is 9.70. The summed E-state index contributed by atoms with van der Waals surface area (Å²) in [5.74, 6) is 1.11. The first-order valence-corrected chi connectivity index (χ1v) is 7.42. The second kappa shape index (κ2) is 7.28. The summed E-state index contributed by atoms with van der Waals surface area (Å²) in [6, 6.07) is 14.6. The highest BCUT2D eigenvalue weighted by molar-refractivity contribution is 5.32. The van der Waals surface area contributed by atoms with Gasteiger partial charge >= 0.3 is 0 Å². The Labute approximate surface area is 127 Å². The van der Waals surface area contributed by atoms with E-state index in [1.807, 2.05) is 18.2 Å². The van der Waals surface area contributed by atoms with Crippen molar-refractivity contribution in [2.45, 2.75) is 26.7 Å². The average Bonchev–Trinajstić information content (AvgIpc) is 2.50. The molecule has 1 unspecified atom stereocenters. The Hall–Kier alpha value is -1.80. The van der Waals surface area contributed by atoms with Crippen LogP contribution in [0.3, 0.4) is 0 Å². The number of rotatable bonds is 6. The van der Waals surface area contributed by atoms with E-state index >= 15 is 0 Å².